The minimum atomic E-state index is -3.59. The maximum atomic E-state index is 12.3. The fraction of sp³-hybridized carbons (Fsp3) is 0.350. The van der Waals surface area contributed by atoms with Crippen LogP contribution < -0.4 is 9.62 Å². The van der Waals surface area contributed by atoms with Gasteiger partial charge in [-0.15, -0.1) is 0 Å². The molecule has 0 atom stereocenters. The molecule has 0 heterocycles. The Labute approximate surface area is 186 Å². The molecule has 0 bridgehead atoms. The molecule has 29 heavy (non-hydrogen) atoms. The van der Waals surface area contributed by atoms with Crippen molar-refractivity contribution >= 4 is 56.6 Å². The molecule has 0 aliphatic carbocycles. The lowest BCUT2D eigenvalue weighted by molar-refractivity contribution is -0.119. The zero-order valence-corrected chi connectivity index (χ0v) is 19.7. The highest BCUT2D eigenvalue weighted by molar-refractivity contribution is 7.98. The van der Waals surface area contributed by atoms with Gasteiger partial charge in [-0.2, -0.15) is 11.8 Å². The first-order valence-corrected chi connectivity index (χ1v) is 12.7. The first kappa shape index (κ1) is 23.9. The molecular weight excluding hydrogens is 451 g/mol. The smallest absolute Gasteiger partial charge is 0.240 e. The SMILES string of the molecule is Cc1cccc(N(CC(=O)NCCSCc2ccc(Cl)cc2Cl)S(C)(=O)=O)c1C. The number of thioether (sulfide) groups is 1. The maximum absolute atomic E-state index is 12.3. The van der Waals surface area contributed by atoms with Gasteiger partial charge >= 0.3 is 0 Å². The Hall–Kier alpha value is -1.41. The number of nitrogens with zero attached hydrogens (tertiary/aromatic N) is 1. The van der Waals surface area contributed by atoms with E-state index in [-0.39, 0.29) is 12.5 Å². The zero-order valence-electron chi connectivity index (χ0n) is 16.5. The lowest BCUT2D eigenvalue weighted by Gasteiger charge is -2.24. The Bertz CT molecular complexity index is 982. The normalized spacial score (nSPS) is 11.3. The number of aryl methyl sites for hydroxylation is 1. The molecule has 0 unspecified atom stereocenters. The summed E-state index contributed by atoms with van der Waals surface area (Å²) in [5, 5.41) is 3.99. The van der Waals surface area contributed by atoms with Gasteiger partial charge in [0.05, 0.1) is 11.9 Å². The molecule has 9 heteroatoms. The third kappa shape index (κ3) is 7.10. The van der Waals surface area contributed by atoms with Crippen molar-refractivity contribution < 1.29 is 13.2 Å². The summed E-state index contributed by atoms with van der Waals surface area (Å²) in [7, 11) is -3.59. The number of hydrogen-bond donors (Lipinski definition) is 1. The minimum Gasteiger partial charge on any atom is -0.354 e. The van der Waals surface area contributed by atoms with Crippen molar-refractivity contribution in [2.24, 2.45) is 0 Å². The van der Waals surface area contributed by atoms with Gasteiger partial charge in [-0.25, -0.2) is 8.42 Å². The van der Waals surface area contributed by atoms with E-state index in [9.17, 15) is 13.2 Å². The Morgan fingerprint density at radius 3 is 2.55 bits per heavy atom. The number of nitrogens with one attached hydrogen (secondary N) is 1. The molecule has 1 N–H and O–H groups in total. The molecule has 0 radical (unpaired) electrons. The van der Waals surface area contributed by atoms with E-state index in [1.54, 1.807) is 36.0 Å². The number of amides is 1. The van der Waals surface area contributed by atoms with Gasteiger partial charge in [0.15, 0.2) is 0 Å². The van der Waals surface area contributed by atoms with Crippen LogP contribution in [0.1, 0.15) is 16.7 Å². The van der Waals surface area contributed by atoms with Crippen molar-refractivity contribution in [3.63, 3.8) is 0 Å². The van der Waals surface area contributed by atoms with Gasteiger partial charge in [-0.3, -0.25) is 9.10 Å². The molecule has 1 amide bonds. The van der Waals surface area contributed by atoms with Crippen LogP contribution in [0.2, 0.25) is 10.0 Å². The maximum Gasteiger partial charge on any atom is 0.240 e. The minimum absolute atomic E-state index is 0.253. The number of hydrogen-bond acceptors (Lipinski definition) is 4. The first-order chi connectivity index (χ1) is 13.6. The molecule has 0 aliphatic rings. The highest BCUT2D eigenvalue weighted by atomic mass is 35.5. The van der Waals surface area contributed by atoms with Gasteiger partial charge in [0, 0.05) is 28.1 Å². The van der Waals surface area contributed by atoms with Crippen LogP contribution in [0, 0.1) is 13.8 Å². The summed E-state index contributed by atoms with van der Waals surface area (Å²) in [6.07, 6.45) is 1.10. The monoisotopic (exact) mass is 474 g/mol. The topological polar surface area (TPSA) is 66.5 Å². The van der Waals surface area contributed by atoms with Crippen molar-refractivity contribution in [3.8, 4) is 0 Å². The summed E-state index contributed by atoms with van der Waals surface area (Å²) in [5.74, 6) is 1.03. The summed E-state index contributed by atoms with van der Waals surface area (Å²) >= 11 is 13.7. The highest BCUT2D eigenvalue weighted by Gasteiger charge is 2.22. The Kier molecular flexibility index (Phi) is 8.70. The van der Waals surface area contributed by atoms with Crippen LogP contribution in [0.15, 0.2) is 36.4 Å². The highest BCUT2D eigenvalue weighted by Crippen LogP contribution is 2.25. The molecule has 0 aromatic heterocycles. The van der Waals surface area contributed by atoms with Crippen LogP contribution in [0.3, 0.4) is 0 Å². The predicted octanol–water partition coefficient (Wildman–Crippen LogP) is 4.43. The van der Waals surface area contributed by atoms with Gasteiger partial charge in [-0.05, 0) is 48.7 Å². The fourth-order valence-corrected chi connectivity index (χ4v) is 4.98. The van der Waals surface area contributed by atoms with Crippen molar-refractivity contribution in [3.05, 3.63) is 63.1 Å². The molecule has 0 saturated carbocycles. The lowest BCUT2D eigenvalue weighted by atomic mass is 10.1. The van der Waals surface area contributed by atoms with Crippen molar-refractivity contribution in [2.45, 2.75) is 19.6 Å². The molecule has 0 fully saturated rings. The van der Waals surface area contributed by atoms with E-state index in [1.807, 2.05) is 26.0 Å². The van der Waals surface area contributed by atoms with Gasteiger partial charge in [0.25, 0.3) is 0 Å². The molecule has 0 aliphatic heterocycles. The molecule has 0 saturated heterocycles. The van der Waals surface area contributed by atoms with Crippen LogP contribution in [-0.2, 0) is 20.6 Å². The number of carbonyl (C=O) groups excluding carboxylic acids is 1. The number of carbonyl (C=O) groups is 1. The van der Waals surface area contributed by atoms with Gasteiger partial charge < -0.3 is 5.32 Å². The van der Waals surface area contributed by atoms with E-state index in [0.29, 0.717) is 33.8 Å². The molecule has 158 valence electrons. The standard InChI is InChI=1S/C20H24Cl2N2O3S2/c1-14-5-4-6-19(15(14)2)24(29(3,26)27)12-20(25)23-9-10-28-13-16-7-8-17(21)11-18(16)22/h4-8,11H,9-10,12-13H2,1-3H3,(H,23,25). The number of benzene rings is 2. The number of halogens is 2. The predicted molar refractivity (Wildman–Crippen MR) is 124 cm³/mol. The average Bonchev–Trinajstić information content (AvgIpc) is 2.63. The second kappa shape index (κ2) is 10.6. The Morgan fingerprint density at radius 1 is 1.17 bits per heavy atom. The Morgan fingerprint density at radius 2 is 1.90 bits per heavy atom. The summed E-state index contributed by atoms with van der Waals surface area (Å²) < 4.78 is 25.6. The summed E-state index contributed by atoms with van der Waals surface area (Å²) in [6, 6.07) is 10.8. The molecule has 2 aromatic rings. The summed E-state index contributed by atoms with van der Waals surface area (Å²) in [4.78, 5) is 12.3. The second-order valence-corrected chi connectivity index (χ2v) is 10.5. The largest absolute Gasteiger partial charge is 0.354 e. The lowest BCUT2D eigenvalue weighted by Crippen LogP contribution is -2.41. The van der Waals surface area contributed by atoms with Crippen LogP contribution in [0.25, 0.3) is 0 Å². The molecule has 0 spiro atoms. The van der Waals surface area contributed by atoms with Gasteiger partial charge in [-0.1, -0.05) is 41.4 Å². The molecule has 2 aromatic carbocycles. The van der Waals surface area contributed by atoms with Crippen molar-refractivity contribution in [2.75, 3.05) is 29.4 Å². The summed E-state index contributed by atoms with van der Waals surface area (Å²) in [5.41, 5.74) is 3.30. The molecule has 5 nitrogen and oxygen atoms in total. The van der Waals surface area contributed by atoms with Crippen LogP contribution >= 0.6 is 35.0 Å². The van der Waals surface area contributed by atoms with E-state index in [0.717, 1.165) is 27.3 Å². The quantitative estimate of drug-likeness (QED) is 0.545. The van der Waals surface area contributed by atoms with Crippen molar-refractivity contribution in [1.82, 2.24) is 5.32 Å². The van der Waals surface area contributed by atoms with Crippen molar-refractivity contribution in [1.29, 1.82) is 0 Å². The molecule has 2 rings (SSSR count). The third-order valence-corrected chi connectivity index (χ3v) is 7.09. The average molecular weight is 475 g/mol. The first-order valence-electron chi connectivity index (χ1n) is 8.92. The second-order valence-electron chi connectivity index (χ2n) is 6.63. The van der Waals surface area contributed by atoms with E-state index in [2.05, 4.69) is 5.32 Å². The Balaban J connectivity index is 1.88. The van der Waals surface area contributed by atoms with Crippen LogP contribution in [0.4, 0.5) is 5.69 Å². The van der Waals surface area contributed by atoms with E-state index < -0.39 is 10.0 Å². The molecular formula is C20H24Cl2N2O3S2. The number of sulfonamides is 1. The summed E-state index contributed by atoms with van der Waals surface area (Å²) in [6.45, 7) is 3.93. The van der Waals surface area contributed by atoms with Gasteiger partial charge in [0.2, 0.25) is 15.9 Å². The van der Waals surface area contributed by atoms with Crippen LogP contribution in [-0.4, -0.2) is 39.4 Å². The van der Waals surface area contributed by atoms with E-state index in [1.165, 1.54) is 0 Å². The van der Waals surface area contributed by atoms with E-state index in [4.69, 9.17) is 23.2 Å². The van der Waals surface area contributed by atoms with E-state index >= 15 is 0 Å². The fourth-order valence-electron chi connectivity index (χ4n) is 2.66. The van der Waals surface area contributed by atoms with Crippen LogP contribution in [0.5, 0.6) is 0 Å². The number of anilines is 1. The number of rotatable bonds is 9. The third-order valence-electron chi connectivity index (χ3n) is 4.37. The zero-order chi connectivity index (χ0) is 21.6. The van der Waals surface area contributed by atoms with Gasteiger partial charge in [0.1, 0.15) is 6.54 Å².